The van der Waals surface area contributed by atoms with Crippen molar-refractivity contribution in [1.29, 1.82) is 0 Å². The normalized spacial score (nSPS) is 39.1. The third kappa shape index (κ3) is 0.767. The van der Waals surface area contributed by atoms with Gasteiger partial charge < -0.3 is 0 Å². The summed E-state index contributed by atoms with van der Waals surface area (Å²) >= 11 is 0. The number of rotatable bonds is 0. The second-order valence-corrected chi connectivity index (χ2v) is 2.63. The van der Waals surface area contributed by atoms with Gasteiger partial charge in [-0.2, -0.15) is 0 Å². The van der Waals surface area contributed by atoms with E-state index in [-0.39, 0.29) is 0 Å². The molecule has 1 unspecified atom stereocenters. The Morgan fingerprint density at radius 3 is 3.40 bits per heavy atom. The summed E-state index contributed by atoms with van der Waals surface area (Å²) in [6.45, 7) is 4.13. The van der Waals surface area contributed by atoms with Crippen LogP contribution >= 0.6 is 0 Å². The molecule has 2 rings (SSSR count). The third-order valence-corrected chi connectivity index (χ3v) is 1.85. The van der Waals surface area contributed by atoms with E-state index in [0.717, 1.165) is 18.8 Å². The minimum absolute atomic E-state index is 0.432. The second-order valence-electron chi connectivity index (χ2n) is 2.63. The number of fused-ring (bicyclic) bond motifs is 1. The first-order chi connectivity index (χ1) is 4.81. The van der Waals surface area contributed by atoms with Gasteiger partial charge in [-0.1, -0.05) is 0 Å². The van der Waals surface area contributed by atoms with Crippen LogP contribution in [-0.4, -0.2) is 31.1 Å². The van der Waals surface area contributed by atoms with Gasteiger partial charge in [0.25, 0.3) is 0 Å². The molecule has 4 heteroatoms. The average Bonchev–Trinajstić information content (AvgIpc) is 2.29. The fourth-order valence-corrected chi connectivity index (χ4v) is 1.20. The van der Waals surface area contributed by atoms with Crippen molar-refractivity contribution in [2.24, 2.45) is 4.99 Å². The van der Waals surface area contributed by atoms with Gasteiger partial charge in [0.2, 0.25) is 0 Å². The summed E-state index contributed by atoms with van der Waals surface area (Å²) in [5.41, 5.74) is 0.539. The summed E-state index contributed by atoms with van der Waals surface area (Å²) in [4.78, 5) is 14.1. The Kier molecular flexibility index (Phi) is 1.26. The first-order valence-electron chi connectivity index (χ1n) is 3.41. The van der Waals surface area contributed by atoms with Crippen molar-refractivity contribution in [2.75, 3.05) is 19.7 Å². The molecule has 0 aliphatic carbocycles. The van der Waals surface area contributed by atoms with Gasteiger partial charge in [0.1, 0.15) is 6.61 Å². The highest BCUT2D eigenvalue weighted by Crippen LogP contribution is 2.19. The first kappa shape index (κ1) is 6.27. The molecule has 0 saturated carbocycles. The molecule has 4 nitrogen and oxygen atoms in total. The maximum atomic E-state index is 5.00. The van der Waals surface area contributed by atoms with Crippen molar-refractivity contribution in [1.82, 2.24) is 5.32 Å². The standard InChI is InChI=1S/C6H10N2O2/c1-6-5(4-9-10-6)7-2-3-8-6/h8H,2-4H2,1H3. The summed E-state index contributed by atoms with van der Waals surface area (Å²) in [7, 11) is 0. The second kappa shape index (κ2) is 2.02. The zero-order valence-electron chi connectivity index (χ0n) is 5.89. The molecule has 1 atom stereocenters. The molecule has 1 saturated heterocycles. The van der Waals surface area contributed by atoms with E-state index in [1.165, 1.54) is 0 Å². The fraction of sp³-hybridized carbons (Fsp3) is 0.833. The molecule has 0 aromatic rings. The van der Waals surface area contributed by atoms with Crippen LogP contribution in [0.3, 0.4) is 0 Å². The molecular weight excluding hydrogens is 132 g/mol. The molecule has 0 spiro atoms. The SMILES string of the molecule is CC12NCCN=C1COO2. The summed E-state index contributed by atoms with van der Waals surface area (Å²) < 4.78 is 0. The number of nitrogens with one attached hydrogen (secondary N) is 1. The Morgan fingerprint density at radius 1 is 1.70 bits per heavy atom. The summed E-state index contributed by atoms with van der Waals surface area (Å²) in [5, 5.41) is 3.18. The quantitative estimate of drug-likeness (QED) is 0.472. The smallest absolute Gasteiger partial charge is 0.192 e. The van der Waals surface area contributed by atoms with E-state index < -0.39 is 5.72 Å². The topological polar surface area (TPSA) is 42.9 Å². The zero-order chi connectivity index (χ0) is 7.03. The number of hydrogen-bond donors (Lipinski definition) is 1. The number of hydrogen-bond acceptors (Lipinski definition) is 4. The van der Waals surface area contributed by atoms with Crippen molar-refractivity contribution in [3.05, 3.63) is 0 Å². The van der Waals surface area contributed by atoms with Crippen molar-refractivity contribution in [2.45, 2.75) is 12.6 Å². The van der Waals surface area contributed by atoms with Gasteiger partial charge in [-0.3, -0.25) is 10.3 Å². The lowest BCUT2D eigenvalue weighted by Crippen LogP contribution is -2.51. The van der Waals surface area contributed by atoms with Gasteiger partial charge in [-0.05, 0) is 6.92 Å². The number of nitrogens with zero attached hydrogens (tertiary/aromatic N) is 1. The monoisotopic (exact) mass is 142 g/mol. The van der Waals surface area contributed by atoms with Crippen LogP contribution in [0.2, 0.25) is 0 Å². The van der Waals surface area contributed by atoms with E-state index in [0.29, 0.717) is 6.61 Å². The lowest BCUT2D eigenvalue weighted by molar-refractivity contribution is -0.309. The Labute approximate surface area is 59.2 Å². The number of aliphatic imine (C=N–C) groups is 1. The van der Waals surface area contributed by atoms with Gasteiger partial charge in [0.15, 0.2) is 5.72 Å². The van der Waals surface area contributed by atoms with Crippen molar-refractivity contribution < 1.29 is 9.78 Å². The molecule has 2 aliphatic rings. The highest BCUT2D eigenvalue weighted by Gasteiger charge is 2.39. The van der Waals surface area contributed by atoms with Crippen LogP contribution in [0.4, 0.5) is 0 Å². The zero-order valence-corrected chi connectivity index (χ0v) is 5.89. The van der Waals surface area contributed by atoms with E-state index in [9.17, 15) is 0 Å². The molecular formula is C6H10N2O2. The van der Waals surface area contributed by atoms with Crippen LogP contribution in [-0.2, 0) is 9.78 Å². The Hall–Kier alpha value is -0.450. The average molecular weight is 142 g/mol. The lowest BCUT2D eigenvalue weighted by atomic mass is 10.1. The van der Waals surface area contributed by atoms with Crippen LogP contribution < -0.4 is 5.32 Å². The van der Waals surface area contributed by atoms with Crippen molar-refractivity contribution in [3.63, 3.8) is 0 Å². The molecule has 1 N–H and O–H groups in total. The Morgan fingerprint density at radius 2 is 2.60 bits per heavy atom. The van der Waals surface area contributed by atoms with Crippen LogP contribution in [0.5, 0.6) is 0 Å². The van der Waals surface area contributed by atoms with Crippen LogP contribution in [0.15, 0.2) is 4.99 Å². The fourth-order valence-electron chi connectivity index (χ4n) is 1.20. The molecule has 1 fully saturated rings. The molecule has 56 valence electrons. The van der Waals surface area contributed by atoms with Crippen molar-refractivity contribution in [3.8, 4) is 0 Å². The van der Waals surface area contributed by atoms with Gasteiger partial charge in [0, 0.05) is 6.54 Å². The minimum Gasteiger partial charge on any atom is -0.286 e. The molecule has 0 amide bonds. The predicted molar refractivity (Wildman–Crippen MR) is 35.7 cm³/mol. The van der Waals surface area contributed by atoms with Crippen LogP contribution in [0, 0.1) is 0 Å². The lowest BCUT2D eigenvalue weighted by Gasteiger charge is -2.25. The predicted octanol–water partition coefficient (Wildman–Crippen LogP) is -0.291. The van der Waals surface area contributed by atoms with Gasteiger partial charge in [-0.15, -0.1) is 0 Å². The van der Waals surface area contributed by atoms with E-state index in [2.05, 4.69) is 10.3 Å². The van der Waals surface area contributed by atoms with Gasteiger partial charge in [-0.25, -0.2) is 9.78 Å². The largest absolute Gasteiger partial charge is 0.286 e. The summed E-state index contributed by atoms with van der Waals surface area (Å²) in [6, 6.07) is 0. The van der Waals surface area contributed by atoms with Crippen molar-refractivity contribution >= 4 is 5.71 Å². The molecule has 10 heavy (non-hydrogen) atoms. The van der Waals surface area contributed by atoms with Gasteiger partial charge >= 0.3 is 0 Å². The molecule has 0 aromatic carbocycles. The van der Waals surface area contributed by atoms with E-state index >= 15 is 0 Å². The molecule has 0 bridgehead atoms. The summed E-state index contributed by atoms with van der Waals surface area (Å²) in [5.74, 6) is 0. The molecule has 2 heterocycles. The molecule has 2 aliphatic heterocycles. The van der Waals surface area contributed by atoms with E-state index in [1.807, 2.05) is 6.92 Å². The maximum absolute atomic E-state index is 5.00. The van der Waals surface area contributed by atoms with Gasteiger partial charge in [0.05, 0.1) is 12.3 Å². The highest BCUT2D eigenvalue weighted by molar-refractivity contribution is 5.94. The highest BCUT2D eigenvalue weighted by atomic mass is 17.2. The third-order valence-electron chi connectivity index (χ3n) is 1.85. The molecule has 0 radical (unpaired) electrons. The van der Waals surface area contributed by atoms with Crippen LogP contribution in [0.25, 0.3) is 0 Å². The molecule has 0 aromatic heterocycles. The van der Waals surface area contributed by atoms with E-state index in [1.54, 1.807) is 0 Å². The Bertz CT molecular complexity index is 181. The maximum Gasteiger partial charge on any atom is 0.192 e. The first-order valence-corrected chi connectivity index (χ1v) is 3.41. The Balaban J connectivity index is 2.28. The summed E-state index contributed by atoms with van der Waals surface area (Å²) in [6.07, 6.45) is 0. The van der Waals surface area contributed by atoms with E-state index in [4.69, 9.17) is 9.78 Å². The minimum atomic E-state index is -0.432. The van der Waals surface area contributed by atoms with Crippen LogP contribution in [0.1, 0.15) is 6.92 Å².